The van der Waals surface area contributed by atoms with Gasteiger partial charge in [0.05, 0.1) is 24.1 Å². The molecule has 1 saturated heterocycles. The first-order valence-electron chi connectivity index (χ1n) is 16.5. The molecule has 46 heavy (non-hydrogen) atoms. The number of esters is 1. The third-order valence-corrected chi connectivity index (χ3v) is 9.34. The molecule has 0 bridgehead atoms. The molecular formula is C38H48ClFN2O4. The van der Waals surface area contributed by atoms with Crippen LogP contribution in [-0.2, 0) is 20.7 Å². The summed E-state index contributed by atoms with van der Waals surface area (Å²) >= 11 is 6.48. The second kappa shape index (κ2) is 15.5. The summed E-state index contributed by atoms with van der Waals surface area (Å²) < 4.78 is 22.7. The molecule has 0 saturated carbocycles. The number of Topliss-reactive ketones (excluding diaryl/α,β-unsaturated/α-hetero) is 1. The van der Waals surface area contributed by atoms with E-state index in [0.29, 0.717) is 17.9 Å². The summed E-state index contributed by atoms with van der Waals surface area (Å²) in [5.74, 6) is -1.44. The molecule has 3 aromatic rings. The van der Waals surface area contributed by atoms with Crippen LogP contribution in [0.25, 0.3) is 11.1 Å². The van der Waals surface area contributed by atoms with Crippen molar-refractivity contribution in [1.82, 2.24) is 9.47 Å². The summed E-state index contributed by atoms with van der Waals surface area (Å²) in [6, 6.07) is 10.1. The topological polar surface area (TPSA) is 68.6 Å². The first-order valence-corrected chi connectivity index (χ1v) is 16.8. The minimum Gasteiger partial charge on any atom is -0.466 e. The van der Waals surface area contributed by atoms with E-state index in [0.717, 1.165) is 53.9 Å². The molecule has 0 N–H and O–H groups in total. The number of pyridine rings is 1. The average Bonchev–Trinajstić information content (AvgIpc) is 2.95. The highest BCUT2D eigenvalue weighted by Gasteiger charge is 2.31. The number of halogens is 2. The molecule has 0 spiro atoms. The molecule has 0 aliphatic carbocycles. The van der Waals surface area contributed by atoms with Gasteiger partial charge < -0.3 is 14.2 Å². The molecule has 8 heteroatoms. The van der Waals surface area contributed by atoms with Gasteiger partial charge in [0.1, 0.15) is 5.82 Å². The van der Waals surface area contributed by atoms with Crippen LogP contribution in [-0.4, -0.2) is 47.5 Å². The maximum absolute atomic E-state index is 15.9. The zero-order chi connectivity index (χ0) is 33.7. The fourth-order valence-corrected chi connectivity index (χ4v) is 6.97. The average molecular weight is 651 g/mol. The molecule has 1 unspecified atom stereocenters. The van der Waals surface area contributed by atoms with Crippen LogP contribution in [0.2, 0.25) is 5.02 Å². The van der Waals surface area contributed by atoms with Crippen LogP contribution in [0.3, 0.4) is 0 Å². The Morgan fingerprint density at radius 1 is 1.04 bits per heavy atom. The number of aryl methyl sites for hydroxylation is 3. The number of benzene rings is 2. The lowest BCUT2D eigenvalue weighted by Crippen LogP contribution is -2.45. The second-order valence-corrected chi connectivity index (χ2v) is 13.9. The predicted molar refractivity (Wildman–Crippen MR) is 183 cm³/mol. The molecule has 1 aliphatic heterocycles. The largest absolute Gasteiger partial charge is 0.466 e. The van der Waals surface area contributed by atoms with Gasteiger partial charge in [-0.1, -0.05) is 50.6 Å². The van der Waals surface area contributed by atoms with E-state index in [1.165, 1.54) is 0 Å². The standard InChI is InChI=1S/C38H48ClFN2O4/c1-8-46-36(45)19-29(31-16-30(17-32(39)38(31)40)37-25(5)10-9-11-26(37)6)18-34(43)33(14-23(2)3)42-22-28(27(7)15-35(42)44)12-13-41-20-24(4)21-41/h9-11,15-17,22-24,29,33H,8,12-14,18-21H2,1-7H3/t29-,33?/m0/s1. The number of nitrogens with zero attached hydrogens (tertiary/aromatic N) is 2. The van der Waals surface area contributed by atoms with Crippen molar-refractivity contribution in [2.24, 2.45) is 11.8 Å². The summed E-state index contributed by atoms with van der Waals surface area (Å²) in [7, 11) is 0. The fraction of sp³-hybridized carbons (Fsp3) is 0.500. The molecule has 2 atom stereocenters. The van der Waals surface area contributed by atoms with Gasteiger partial charge >= 0.3 is 5.97 Å². The second-order valence-electron chi connectivity index (χ2n) is 13.5. The van der Waals surface area contributed by atoms with Gasteiger partial charge in [-0.15, -0.1) is 0 Å². The van der Waals surface area contributed by atoms with Gasteiger partial charge in [-0.25, -0.2) is 4.39 Å². The molecule has 6 nitrogen and oxygen atoms in total. The Bertz CT molecular complexity index is 1610. The quantitative estimate of drug-likeness (QED) is 0.165. The monoisotopic (exact) mass is 650 g/mol. The van der Waals surface area contributed by atoms with Gasteiger partial charge in [-0.2, -0.15) is 0 Å². The maximum Gasteiger partial charge on any atom is 0.306 e. The molecule has 1 fully saturated rings. The zero-order valence-corrected chi connectivity index (χ0v) is 29.0. The Hall–Kier alpha value is -3.29. The van der Waals surface area contributed by atoms with E-state index in [2.05, 4.69) is 11.8 Å². The number of hydrogen-bond acceptors (Lipinski definition) is 5. The van der Waals surface area contributed by atoms with Gasteiger partial charge in [-0.3, -0.25) is 14.4 Å². The summed E-state index contributed by atoms with van der Waals surface area (Å²) in [6.07, 6.45) is 2.70. The maximum atomic E-state index is 15.9. The van der Waals surface area contributed by atoms with E-state index in [1.807, 2.05) is 59.0 Å². The molecule has 2 aromatic carbocycles. The Balaban J connectivity index is 1.73. The number of rotatable bonds is 14. The van der Waals surface area contributed by atoms with Crippen molar-refractivity contribution in [2.45, 2.75) is 86.1 Å². The predicted octanol–water partition coefficient (Wildman–Crippen LogP) is 8.01. The molecule has 2 heterocycles. The Labute approximate surface area is 277 Å². The molecule has 4 rings (SSSR count). The van der Waals surface area contributed by atoms with Crippen molar-refractivity contribution in [3.63, 3.8) is 0 Å². The summed E-state index contributed by atoms with van der Waals surface area (Å²) in [4.78, 5) is 42.9. The normalized spacial score (nSPS) is 15.1. The third kappa shape index (κ3) is 8.54. The van der Waals surface area contributed by atoms with E-state index < -0.39 is 23.7 Å². The van der Waals surface area contributed by atoms with Gasteiger partial charge in [0.2, 0.25) is 0 Å². The van der Waals surface area contributed by atoms with Crippen LogP contribution in [0.5, 0.6) is 0 Å². The first kappa shape index (κ1) is 35.6. The zero-order valence-electron chi connectivity index (χ0n) is 28.3. The van der Waals surface area contributed by atoms with Crippen molar-refractivity contribution in [3.05, 3.63) is 91.6 Å². The Morgan fingerprint density at radius 3 is 2.33 bits per heavy atom. The van der Waals surface area contributed by atoms with E-state index in [-0.39, 0.29) is 47.3 Å². The van der Waals surface area contributed by atoms with Crippen LogP contribution in [0, 0.1) is 38.4 Å². The van der Waals surface area contributed by atoms with Gasteiger partial charge in [0.25, 0.3) is 5.56 Å². The summed E-state index contributed by atoms with van der Waals surface area (Å²) in [5, 5.41) is -0.0776. The molecule has 1 aromatic heterocycles. The van der Waals surface area contributed by atoms with Crippen molar-refractivity contribution >= 4 is 23.4 Å². The van der Waals surface area contributed by atoms with Crippen molar-refractivity contribution < 1.29 is 18.7 Å². The molecular weight excluding hydrogens is 603 g/mol. The van der Waals surface area contributed by atoms with Crippen molar-refractivity contribution in [2.75, 3.05) is 26.2 Å². The van der Waals surface area contributed by atoms with E-state index in [4.69, 9.17) is 16.3 Å². The highest BCUT2D eigenvalue weighted by Crippen LogP contribution is 2.38. The SMILES string of the molecule is CCOC(=O)C[C@H](CC(=O)C(CC(C)C)n1cc(CCN2CC(C)C2)c(C)cc1=O)c1cc(-c2c(C)cccc2C)cc(Cl)c1F. The number of carbonyl (C=O) groups is 2. The van der Waals surface area contributed by atoms with Gasteiger partial charge in [0.15, 0.2) is 5.78 Å². The minimum absolute atomic E-state index is 0.0776. The lowest BCUT2D eigenvalue weighted by Gasteiger charge is -2.37. The number of likely N-dealkylation sites (tertiary alicyclic amines) is 1. The van der Waals surface area contributed by atoms with Crippen LogP contribution in [0.4, 0.5) is 4.39 Å². The highest BCUT2D eigenvalue weighted by molar-refractivity contribution is 6.31. The molecule has 1 aliphatic rings. The number of carbonyl (C=O) groups excluding carboxylic acids is 2. The van der Waals surface area contributed by atoms with E-state index >= 15 is 4.39 Å². The smallest absolute Gasteiger partial charge is 0.306 e. The molecule has 0 radical (unpaired) electrons. The Morgan fingerprint density at radius 2 is 1.72 bits per heavy atom. The summed E-state index contributed by atoms with van der Waals surface area (Å²) in [6.45, 7) is 17.1. The fourth-order valence-electron chi connectivity index (χ4n) is 6.74. The lowest BCUT2D eigenvalue weighted by molar-refractivity contribution is -0.143. The highest BCUT2D eigenvalue weighted by atomic mass is 35.5. The van der Waals surface area contributed by atoms with E-state index in [9.17, 15) is 14.4 Å². The van der Waals surface area contributed by atoms with Crippen LogP contribution in [0.15, 0.2) is 47.4 Å². The van der Waals surface area contributed by atoms with Crippen molar-refractivity contribution in [3.8, 4) is 11.1 Å². The molecule has 0 amide bonds. The third-order valence-electron chi connectivity index (χ3n) is 9.07. The van der Waals surface area contributed by atoms with Gasteiger partial charge in [-0.05, 0) is 103 Å². The number of aromatic nitrogens is 1. The van der Waals surface area contributed by atoms with Gasteiger partial charge in [0, 0.05) is 44.2 Å². The Kier molecular flexibility index (Phi) is 12.0. The first-order chi connectivity index (χ1) is 21.8. The van der Waals surface area contributed by atoms with Crippen LogP contribution < -0.4 is 5.56 Å². The number of ether oxygens (including phenoxy) is 1. The van der Waals surface area contributed by atoms with Crippen LogP contribution in [0.1, 0.15) is 86.7 Å². The van der Waals surface area contributed by atoms with E-state index in [1.54, 1.807) is 29.7 Å². The lowest BCUT2D eigenvalue weighted by atomic mass is 9.84. The minimum atomic E-state index is -0.836. The van der Waals surface area contributed by atoms with Crippen LogP contribution >= 0.6 is 11.6 Å². The number of hydrogen-bond donors (Lipinski definition) is 0. The number of ketones is 1. The van der Waals surface area contributed by atoms with Crippen molar-refractivity contribution in [1.29, 1.82) is 0 Å². The summed E-state index contributed by atoms with van der Waals surface area (Å²) in [5.41, 5.74) is 5.53. The molecule has 248 valence electrons.